The predicted molar refractivity (Wildman–Crippen MR) is 118 cm³/mol. The van der Waals surface area contributed by atoms with E-state index in [0.29, 0.717) is 23.5 Å². The fourth-order valence-corrected chi connectivity index (χ4v) is 7.71. The molecule has 0 aromatic carbocycles. The lowest BCUT2D eigenvalue weighted by molar-refractivity contribution is -0.133. The second kappa shape index (κ2) is 8.09. The number of hydrogen-bond acceptors (Lipinski definition) is 6. The van der Waals surface area contributed by atoms with Gasteiger partial charge in [0, 0.05) is 30.7 Å². The third-order valence-electron chi connectivity index (χ3n) is 9.50. The average molecular weight is 438 g/mol. The maximum atomic E-state index is 12.6. The number of ketones is 1. The van der Waals surface area contributed by atoms with Crippen LogP contribution in [-0.4, -0.2) is 41.6 Å². The molecule has 6 nitrogen and oxygen atoms in total. The molecule has 0 aromatic heterocycles. The maximum absolute atomic E-state index is 12.6. The number of oxime groups is 2. The molecule has 4 saturated carbocycles. The summed E-state index contributed by atoms with van der Waals surface area (Å²) in [4.78, 5) is 18.4. The van der Waals surface area contributed by atoms with E-state index in [0.717, 1.165) is 82.3 Å². The molecule has 0 radical (unpaired) electrons. The standard InChI is InChI=1S/C23H35N3O3.ClH/c1-22-8-5-14(26-29-15-7-10-24-13-15)11-19(22)20(25-28)12-16-17-3-4-21(27)23(17,2)9-6-18(16)22;/h15-19,24,28H,3-13H2,1-2H3;1H/t15-,16+,17+,18+,19?,22-,23+;/m1./s1. The Labute approximate surface area is 185 Å². The molecular weight excluding hydrogens is 402 g/mol. The van der Waals surface area contributed by atoms with Crippen LogP contribution in [0.2, 0.25) is 0 Å². The normalized spacial score (nSPS) is 48.1. The fourth-order valence-electron chi connectivity index (χ4n) is 7.71. The molecule has 4 aliphatic carbocycles. The number of halogens is 1. The Bertz CT molecular complexity index is 750. The first-order chi connectivity index (χ1) is 14.0. The van der Waals surface area contributed by atoms with Crippen LogP contribution in [0.25, 0.3) is 0 Å². The van der Waals surface area contributed by atoms with Crippen LogP contribution < -0.4 is 5.32 Å². The Morgan fingerprint density at radius 2 is 1.93 bits per heavy atom. The molecule has 30 heavy (non-hydrogen) atoms. The van der Waals surface area contributed by atoms with Crippen LogP contribution >= 0.6 is 12.4 Å². The van der Waals surface area contributed by atoms with E-state index in [9.17, 15) is 10.0 Å². The molecule has 1 heterocycles. The lowest BCUT2D eigenvalue weighted by atomic mass is 9.45. The molecule has 7 heteroatoms. The first kappa shape index (κ1) is 22.1. The van der Waals surface area contributed by atoms with Crippen molar-refractivity contribution in [3.63, 3.8) is 0 Å². The molecule has 1 aliphatic heterocycles. The van der Waals surface area contributed by atoms with Crippen molar-refractivity contribution < 1.29 is 14.8 Å². The number of nitrogens with zero attached hydrogens (tertiary/aromatic N) is 2. The van der Waals surface area contributed by atoms with E-state index in [-0.39, 0.29) is 35.3 Å². The minimum Gasteiger partial charge on any atom is -0.411 e. The van der Waals surface area contributed by atoms with Gasteiger partial charge in [0.25, 0.3) is 0 Å². The number of hydrogen-bond donors (Lipinski definition) is 2. The largest absolute Gasteiger partial charge is 0.411 e. The second-order valence-corrected chi connectivity index (χ2v) is 10.7. The van der Waals surface area contributed by atoms with Crippen LogP contribution in [0.1, 0.15) is 71.6 Å². The molecule has 0 bridgehead atoms. The van der Waals surface area contributed by atoms with Gasteiger partial charge in [0.05, 0.1) is 11.4 Å². The van der Waals surface area contributed by atoms with Crippen molar-refractivity contribution in [1.82, 2.24) is 5.32 Å². The quantitative estimate of drug-likeness (QED) is 0.501. The molecule has 0 amide bonds. The Balaban J connectivity index is 0.00000218. The van der Waals surface area contributed by atoms with Gasteiger partial charge in [-0.3, -0.25) is 4.79 Å². The van der Waals surface area contributed by atoms with Gasteiger partial charge in [-0.25, -0.2) is 0 Å². The highest BCUT2D eigenvalue weighted by Crippen LogP contribution is 2.64. The van der Waals surface area contributed by atoms with E-state index in [4.69, 9.17) is 4.84 Å². The van der Waals surface area contributed by atoms with Crippen LogP contribution in [0.15, 0.2) is 10.3 Å². The van der Waals surface area contributed by atoms with E-state index < -0.39 is 0 Å². The summed E-state index contributed by atoms with van der Waals surface area (Å²) < 4.78 is 0. The van der Waals surface area contributed by atoms with Crippen LogP contribution in [0.3, 0.4) is 0 Å². The van der Waals surface area contributed by atoms with Crippen molar-refractivity contribution in [2.24, 2.45) is 44.8 Å². The fraction of sp³-hybridized carbons (Fsp3) is 0.870. The molecule has 5 fully saturated rings. The van der Waals surface area contributed by atoms with Gasteiger partial charge in [0.15, 0.2) is 0 Å². The molecule has 0 aromatic rings. The van der Waals surface area contributed by atoms with E-state index in [1.54, 1.807) is 0 Å². The SMILES string of the molecule is C[C@]12CCC(=NO[C@@H]3CCNC3)CC1C(=NO)C[C@@H]1[C@@H]2CC[C@]2(C)C(=O)CC[C@@H]12.Cl. The Kier molecular flexibility index (Phi) is 5.95. The number of nitrogens with one attached hydrogen (secondary N) is 1. The first-order valence-corrected chi connectivity index (χ1v) is 11.6. The van der Waals surface area contributed by atoms with E-state index in [2.05, 4.69) is 29.5 Å². The predicted octanol–water partition coefficient (Wildman–Crippen LogP) is 4.19. The molecule has 0 spiro atoms. The van der Waals surface area contributed by atoms with Crippen LogP contribution in [-0.2, 0) is 9.63 Å². The topological polar surface area (TPSA) is 83.3 Å². The molecular formula is C23H36ClN3O3. The van der Waals surface area contributed by atoms with E-state index >= 15 is 0 Å². The highest BCUT2D eigenvalue weighted by atomic mass is 35.5. The Morgan fingerprint density at radius 3 is 2.67 bits per heavy atom. The maximum Gasteiger partial charge on any atom is 0.141 e. The zero-order valence-electron chi connectivity index (χ0n) is 18.2. The summed E-state index contributed by atoms with van der Waals surface area (Å²) in [6, 6.07) is 0. The third-order valence-corrected chi connectivity index (χ3v) is 9.50. The summed E-state index contributed by atoms with van der Waals surface area (Å²) in [7, 11) is 0. The molecule has 7 atom stereocenters. The number of carbonyl (C=O) groups is 1. The molecule has 2 N–H and O–H groups in total. The summed E-state index contributed by atoms with van der Waals surface area (Å²) in [5.41, 5.74) is 2.05. The number of Topliss-reactive ketones (excluding diaryl/α,β-unsaturated/α-hetero) is 1. The van der Waals surface area contributed by atoms with Gasteiger partial charge in [-0.1, -0.05) is 24.2 Å². The summed E-state index contributed by atoms with van der Waals surface area (Å²) in [5, 5.41) is 21.6. The Morgan fingerprint density at radius 1 is 1.10 bits per heavy atom. The van der Waals surface area contributed by atoms with Crippen LogP contribution in [0, 0.1) is 34.5 Å². The molecule has 1 saturated heterocycles. The van der Waals surface area contributed by atoms with Crippen molar-refractivity contribution >= 4 is 29.6 Å². The highest BCUT2D eigenvalue weighted by Gasteiger charge is 2.61. The van der Waals surface area contributed by atoms with Crippen molar-refractivity contribution in [3.8, 4) is 0 Å². The Hall–Kier alpha value is -1.14. The minimum atomic E-state index is -0.143. The minimum absolute atomic E-state index is 0. The van der Waals surface area contributed by atoms with Crippen molar-refractivity contribution in [2.75, 3.05) is 13.1 Å². The van der Waals surface area contributed by atoms with Gasteiger partial charge in [0.2, 0.25) is 0 Å². The summed E-state index contributed by atoms with van der Waals surface area (Å²) in [6.07, 6.45) is 8.85. The lowest BCUT2D eigenvalue weighted by Crippen LogP contribution is -2.56. The summed E-state index contributed by atoms with van der Waals surface area (Å²) >= 11 is 0. The molecule has 5 rings (SSSR count). The third kappa shape index (κ3) is 3.29. The second-order valence-electron chi connectivity index (χ2n) is 10.7. The monoisotopic (exact) mass is 437 g/mol. The number of carbonyl (C=O) groups excluding carboxylic acids is 1. The first-order valence-electron chi connectivity index (χ1n) is 11.6. The zero-order valence-corrected chi connectivity index (χ0v) is 19.0. The molecule has 5 aliphatic rings. The summed E-state index contributed by atoms with van der Waals surface area (Å²) in [5.74, 6) is 2.26. The summed E-state index contributed by atoms with van der Waals surface area (Å²) in [6.45, 7) is 6.50. The van der Waals surface area contributed by atoms with Gasteiger partial charge in [-0.2, -0.15) is 0 Å². The smallest absolute Gasteiger partial charge is 0.141 e. The van der Waals surface area contributed by atoms with Gasteiger partial charge >= 0.3 is 0 Å². The van der Waals surface area contributed by atoms with E-state index in [1.165, 1.54) is 0 Å². The molecule has 168 valence electrons. The van der Waals surface area contributed by atoms with Crippen molar-refractivity contribution in [3.05, 3.63) is 0 Å². The highest BCUT2D eigenvalue weighted by molar-refractivity contribution is 5.96. The van der Waals surface area contributed by atoms with E-state index in [1.807, 2.05) is 0 Å². The lowest BCUT2D eigenvalue weighted by Gasteiger charge is -2.59. The van der Waals surface area contributed by atoms with Crippen LogP contribution in [0.5, 0.6) is 0 Å². The van der Waals surface area contributed by atoms with Crippen molar-refractivity contribution in [1.29, 1.82) is 0 Å². The molecule has 1 unspecified atom stereocenters. The van der Waals surface area contributed by atoms with Gasteiger partial charge in [0.1, 0.15) is 11.9 Å². The van der Waals surface area contributed by atoms with Gasteiger partial charge in [-0.15, -0.1) is 12.4 Å². The number of fused-ring (bicyclic) bond motifs is 5. The van der Waals surface area contributed by atoms with Gasteiger partial charge < -0.3 is 15.4 Å². The average Bonchev–Trinajstić information content (AvgIpc) is 3.34. The number of rotatable bonds is 2. The van der Waals surface area contributed by atoms with Crippen LogP contribution in [0.4, 0.5) is 0 Å². The van der Waals surface area contributed by atoms with Crippen molar-refractivity contribution in [2.45, 2.75) is 77.7 Å². The van der Waals surface area contributed by atoms with Gasteiger partial charge in [-0.05, 0) is 74.7 Å². The zero-order chi connectivity index (χ0) is 20.2.